The molecule has 10 heavy (non-hydrogen) atoms. The summed E-state index contributed by atoms with van der Waals surface area (Å²) in [6.45, 7) is 1.60. The van der Waals surface area contributed by atoms with Gasteiger partial charge in [0, 0.05) is 5.69 Å². The molecular weight excluding hydrogens is 134 g/mol. The smallest absolute Gasteiger partial charge is 0.356 e. The summed E-state index contributed by atoms with van der Waals surface area (Å²) in [6.07, 6.45) is 0. The van der Waals surface area contributed by atoms with E-state index in [1.54, 1.807) is 6.92 Å². The van der Waals surface area contributed by atoms with Gasteiger partial charge in [-0.2, -0.15) is 0 Å². The molecular formula is C5H7N3O2. The predicted octanol–water partition coefficient (Wildman–Crippen LogP) is -0.00148. The predicted molar refractivity (Wildman–Crippen MR) is 34.7 cm³/mol. The minimum Gasteiger partial charge on any atom is -0.476 e. The van der Waals surface area contributed by atoms with E-state index < -0.39 is 5.97 Å². The van der Waals surface area contributed by atoms with Crippen molar-refractivity contribution in [1.29, 1.82) is 0 Å². The number of nitrogen functional groups attached to an aromatic ring is 1. The Hall–Kier alpha value is -1.52. The number of hydrogen-bond donors (Lipinski definition) is 3. The van der Waals surface area contributed by atoms with Gasteiger partial charge < -0.3 is 15.8 Å². The van der Waals surface area contributed by atoms with E-state index in [1.807, 2.05) is 0 Å². The third-order valence-corrected chi connectivity index (χ3v) is 1.11. The maximum absolute atomic E-state index is 10.3. The van der Waals surface area contributed by atoms with Crippen molar-refractivity contribution in [2.24, 2.45) is 0 Å². The van der Waals surface area contributed by atoms with E-state index in [1.165, 1.54) is 0 Å². The summed E-state index contributed by atoms with van der Waals surface area (Å²) in [6, 6.07) is 0. The SMILES string of the molecule is Cc1[nH]c(N)nc1C(=O)O. The second-order valence-corrected chi connectivity index (χ2v) is 1.90. The van der Waals surface area contributed by atoms with Gasteiger partial charge in [-0.1, -0.05) is 0 Å². The summed E-state index contributed by atoms with van der Waals surface area (Å²) in [5.74, 6) is -0.930. The molecule has 1 rings (SSSR count). The lowest BCUT2D eigenvalue weighted by molar-refractivity contribution is 0.0690. The minimum atomic E-state index is -1.06. The minimum absolute atomic E-state index is 0.0162. The fraction of sp³-hybridized carbons (Fsp3) is 0.200. The second-order valence-electron chi connectivity index (χ2n) is 1.90. The maximum Gasteiger partial charge on any atom is 0.356 e. The number of aromatic carboxylic acids is 1. The number of imidazole rings is 1. The first-order valence-electron chi connectivity index (χ1n) is 2.66. The molecule has 1 aromatic heterocycles. The van der Waals surface area contributed by atoms with Crippen molar-refractivity contribution in [1.82, 2.24) is 9.97 Å². The molecule has 0 saturated heterocycles. The van der Waals surface area contributed by atoms with Crippen LogP contribution >= 0.6 is 0 Å². The van der Waals surface area contributed by atoms with Crippen molar-refractivity contribution in [2.45, 2.75) is 6.92 Å². The summed E-state index contributed by atoms with van der Waals surface area (Å²) >= 11 is 0. The summed E-state index contributed by atoms with van der Waals surface area (Å²) < 4.78 is 0. The second kappa shape index (κ2) is 2.02. The van der Waals surface area contributed by atoms with Crippen molar-refractivity contribution in [3.05, 3.63) is 11.4 Å². The van der Waals surface area contributed by atoms with Gasteiger partial charge in [0.1, 0.15) is 0 Å². The number of nitrogens with two attached hydrogens (primary N) is 1. The van der Waals surface area contributed by atoms with Crippen LogP contribution in [0.1, 0.15) is 16.2 Å². The number of aromatic nitrogens is 2. The quantitative estimate of drug-likeness (QED) is 0.513. The fourth-order valence-electron chi connectivity index (χ4n) is 0.692. The molecule has 0 bridgehead atoms. The number of carboxylic acids is 1. The molecule has 0 aromatic carbocycles. The zero-order chi connectivity index (χ0) is 7.72. The molecule has 0 saturated carbocycles. The Balaban J connectivity index is 3.15. The molecule has 0 atom stereocenters. The lowest BCUT2D eigenvalue weighted by atomic mass is 10.4. The van der Waals surface area contributed by atoms with Crippen LogP contribution in [0.15, 0.2) is 0 Å². The maximum atomic E-state index is 10.3. The van der Waals surface area contributed by atoms with Crippen molar-refractivity contribution >= 4 is 11.9 Å². The van der Waals surface area contributed by atoms with E-state index in [-0.39, 0.29) is 11.6 Å². The highest BCUT2D eigenvalue weighted by atomic mass is 16.4. The summed E-state index contributed by atoms with van der Waals surface area (Å²) in [7, 11) is 0. The lowest BCUT2D eigenvalue weighted by Crippen LogP contribution is -1.98. The standard InChI is InChI=1S/C5H7N3O2/c1-2-3(4(9)10)8-5(6)7-2/h1H3,(H,9,10)(H3,6,7,8). The van der Waals surface area contributed by atoms with Crippen molar-refractivity contribution in [3.8, 4) is 0 Å². The molecule has 1 heterocycles. The topological polar surface area (TPSA) is 92.0 Å². The number of aromatic amines is 1. The molecule has 0 fully saturated rings. The summed E-state index contributed by atoms with van der Waals surface area (Å²) in [4.78, 5) is 16.4. The molecule has 0 radical (unpaired) electrons. The van der Waals surface area contributed by atoms with E-state index in [0.717, 1.165) is 0 Å². The van der Waals surface area contributed by atoms with Crippen LogP contribution in [0.2, 0.25) is 0 Å². The number of nitrogens with zero attached hydrogens (tertiary/aromatic N) is 1. The van der Waals surface area contributed by atoms with Crippen molar-refractivity contribution < 1.29 is 9.90 Å². The average Bonchev–Trinajstić information content (AvgIpc) is 2.10. The molecule has 0 spiro atoms. The van der Waals surface area contributed by atoms with E-state index in [0.29, 0.717) is 5.69 Å². The highest BCUT2D eigenvalue weighted by molar-refractivity contribution is 5.87. The Labute approximate surface area is 56.9 Å². The van der Waals surface area contributed by atoms with Gasteiger partial charge >= 0.3 is 5.97 Å². The van der Waals surface area contributed by atoms with Gasteiger partial charge in [0.15, 0.2) is 11.6 Å². The number of H-pyrrole nitrogens is 1. The van der Waals surface area contributed by atoms with Crippen LogP contribution in [-0.4, -0.2) is 21.0 Å². The summed E-state index contributed by atoms with van der Waals surface area (Å²) in [5, 5.41) is 8.44. The van der Waals surface area contributed by atoms with Crippen molar-refractivity contribution in [3.63, 3.8) is 0 Å². The van der Waals surface area contributed by atoms with Crippen LogP contribution in [0, 0.1) is 6.92 Å². The molecule has 54 valence electrons. The Morgan fingerprint density at radius 3 is 2.60 bits per heavy atom. The summed E-state index contributed by atoms with van der Waals surface area (Å²) in [5.41, 5.74) is 5.65. The Kier molecular flexibility index (Phi) is 1.33. The van der Waals surface area contributed by atoms with Crippen LogP contribution < -0.4 is 5.73 Å². The van der Waals surface area contributed by atoms with Crippen LogP contribution in [0.5, 0.6) is 0 Å². The fourth-order valence-corrected chi connectivity index (χ4v) is 0.692. The zero-order valence-electron chi connectivity index (χ0n) is 5.38. The number of carboxylic acid groups (broad SMARTS) is 1. The molecule has 0 amide bonds. The van der Waals surface area contributed by atoms with E-state index in [9.17, 15) is 4.79 Å². The highest BCUT2D eigenvalue weighted by Crippen LogP contribution is 2.04. The molecule has 5 heteroatoms. The number of anilines is 1. The molecule has 4 N–H and O–H groups in total. The third-order valence-electron chi connectivity index (χ3n) is 1.11. The molecule has 0 unspecified atom stereocenters. The van der Waals surface area contributed by atoms with Crippen LogP contribution in [0.4, 0.5) is 5.95 Å². The zero-order valence-corrected chi connectivity index (χ0v) is 5.38. The Bertz CT molecular complexity index is 266. The Morgan fingerprint density at radius 2 is 2.40 bits per heavy atom. The monoisotopic (exact) mass is 141 g/mol. The average molecular weight is 141 g/mol. The first kappa shape index (κ1) is 6.60. The molecule has 0 aliphatic heterocycles. The van der Waals surface area contributed by atoms with E-state index in [4.69, 9.17) is 10.8 Å². The van der Waals surface area contributed by atoms with Gasteiger partial charge in [-0.25, -0.2) is 9.78 Å². The first-order valence-corrected chi connectivity index (χ1v) is 2.66. The number of hydrogen-bond acceptors (Lipinski definition) is 3. The highest BCUT2D eigenvalue weighted by Gasteiger charge is 2.10. The van der Waals surface area contributed by atoms with Crippen LogP contribution in [-0.2, 0) is 0 Å². The number of aryl methyl sites for hydroxylation is 1. The number of rotatable bonds is 1. The lowest BCUT2D eigenvalue weighted by Gasteiger charge is -1.84. The van der Waals surface area contributed by atoms with Gasteiger partial charge in [-0.3, -0.25) is 0 Å². The van der Waals surface area contributed by atoms with Gasteiger partial charge in [-0.05, 0) is 6.92 Å². The van der Waals surface area contributed by atoms with Gasteiger partial charge in [0.25, 0.3) is 0 Å². The van der Waals surface area contributed by atoms with Gasteiger partial charge in [0.2, 0.25) is 0 Å². The molecule has 5 nitrogen and oxygen atoms in total. The molecule has 0 aliphatic carbocycles. The number of carbonyl (C=O) groups is 1. The largest absolute Gasteiger partial charge is 0.476 e. The normalized spacial score (nSPS) is 9.70. The van der Waals surface area contributed by atoms with Crippen molar-refractivity contribution in [2.75, 3.05) is 5.73 Å². The van der Waals surface area contributed by atoms with Gasteiger partial charge in [-0.15, -0.1) is 0 Å². The van der Waals surface area contributed by atoms with E-state index >= 15 is 0 Å². The Morgan fingerprint density at radius 1 is 1.80 bits per heavy atom. The van der Waals surface area contributed by atoms with Crippen LogP contribution in [0.25, 0.3) is 0 Å². The van der Waals surface area contributed by atoms with Gasteiger partial charge in [0.05, 0.1) is 0 Å². The first-order chi connectivity index (χ1) is 4.61. The third kappa shape index (κ3) is 0.928. The molecule has 1 aromatic rings. The molecule has 0 aliphatic rings. The number of nitrogens with one attached hydrogen (secondary N) is 1. The van der Waals surface area contributed by atoms with E-state index in [2.05, 4.69) is 9.97 Å². The van der Waals surface area contributed by atoms with Crippen LogP contribution in [0.3, 0.4) is 0 Å².